The number of carbonyl (C=O) groups excluding carboxylic acids is 3. The fourth-order valence-electron chi connectivity index (χ4n) is 3.95. The van der Waals surface area contributed by atoms with E-state index in [0.29, 0.717) is 12.2 Å². The molecule has 0 aliphatic heterocycles. The van der Waals surface area contributed by atoms with Gasteiger partial charge in [0.15, 0.2) is 0 Å². The molecule has 3 N–H and O–H groups in total. The quantitative estimate of drug-likeness (QED) is 0.291. The van der Waals surface area contributed by atoms with Gasteiger partial charge in [-0.2, -0.15) is 0 Å². The number of imidazole rings is 1. The predicted octanol–water partition coefficient (Wildman–Crippen LogP) is 3.75. The smallest absolute Gasteiger partial charge is 0.408 e. The molecule has 2 aromatic carbocycles. The number of carbonyl (C=O) groups is 3. The first kappa shape index (κ1) is 29.2. The second kappa shape index (κ2) is 14.5. The fourth-order valence-corrected chi connectivity index (χ4v) is 3.95. The Labute approximate surface area is 229 Å². The summed E-state index contributed by atoms with van der Waals surface area (Å²) in [4.78, 5) is 47.6. The number of aromatic nitrogens is 2. The monoisotopic (exact) mass is 531 g/mol. The molecule has 3 aromatic rings. The maximum atomic E-state index is 13.7. The highest BCUT2D eigenvalue weighted by atomic mass is 16.5. The minimum Gasteiger partial charge on any atom is -0.445 e. The van der Waals surface area contributed by atoms with Crippen molar-refractivity contribution in [3.63, 3.8) is 0 Å². The standard InChI is InChI=1S/C30H37N5O4/c1-4-5-16-35(19-27(36)32-21-30(2,3)24-14-10-7-11-15-24)28(37)26(17-25-18-31-22-33-25)34-29(38)39-20-23-12-8-6-9-13-23/h4-15,18,22,26H,16-17,19-21H2,1-3H3,(H,31,33)(H,32,36)(H,34,38)/b5-4+/t26-/m0/s1. The van der Waals surface area contributed by atoms with E-state index in [2.05, 4.69) is 34.4 Å². The number of amides is 3. The number of ether oxygens (including phenoxy) is 1. The lowest BCUT2D eigenvalue weighted by Crippen LogP contribution is -2.52. The molecule has 3 rings (SSSR count). The van der Waals surface area contributed by atoms with Crippen LogP contribution in [0.4, 0.5) is 4.79 Å². The van der Waals surface area contributed by atoms with Gasteiger partial charge in [-0.25, -0.2) is 9.78 Å². The molecule has 0 aliphatic rings. The molecule has 3 amide bonds. The van der Waals surface area contributed by atoms with Gasteiger partial charge in [0, 0.05) is 36.8 Å². The Hall–Kier alpha value is -4.40. The third-order valence-electron chi connectivity index (χ3n) is 6.27. The van der Waals surface area contributed by atoms with Gasteiger partial charge >= 0.3 is 6.09 Å². The van der Waals surface area contributed by atoms with Crippen molar-refractivity contribution < 1.29 is 19.1 Å². The van der Waals surface area contributed by atoms with Crippen LogP contribution in [0.2, 0.25) is 0 Å². The minimum atomic E-state index is -0.965. The van der Waals surface area contributed by atoms with Crippen molar-refractivity contribution >= 4 is 17.9 Å². The molecule has 0 saturated heterocycles. The molecular formula is C30H37N5O4. The molecule has 0 saturated carbocycles. The van der Waals surface area contributed by atoms with Gasteiger partial charge in [-0.05, 0) is 18.1 Å². The number of hydrogen-bond donors (Lipinski definition) is 3. The summed E-state index contributed by atoms with van der Waals surface area (Å²) in [7, 11) is 0. The zero-order chi connectivity index (χ0) is 28.1. The van der Waals surface area contributed by atoms with E-state index in [-0.39, 0.29) is 37.4 Å². The van der Waals surface area contributed by atoms with E-state index in [1.54, 1.807) is 12.3 Å². The number of aromatic amines is 1. The lowest BCUT2D eigenvalue weighted by molar-refractivity contribution is -0.137. The van der Waals surface area contributed by atoms with Gasteiger partial charge in [-0.15, -0.1) is 0 Å². The van der Waals surface area contributed by atoms with Crippen LogP contribution < -0.4 is 10.6 Å². The molecule has 0 fully saturated rings. The van der Waals surface area contributed by atoms with Crippen LogP contribution in [0.3, 0.4) is 0 Å². The summed E-state index contributed by atoms with van der Waals surface area (Å²) in [5.74, 6) is -0.694. The zero-order valence-electron chi connectivity index (χ0n) is 22.7. The van der Waals surface area contributed by atoms with E-state index in [0.717, 1.165) is 11.1 Å². The number of nitrogens with zero attached hydrogens (tertiary/aromatic N) is 2. The van der Waals surface area contributed by atoms with Crippen LogP contribution in [0.25, 0.3) is 0 Å². The van der Waals surface area contributed by atoms with Gasteiger partial charge < -0.3 is 25.3 Å². The first-order valence-corrected chi connectivity index (χ1v) is 12.9. The maximum absolute atomic E-state index is 13.7. The van der Waals surface area contributed by atoms with Gasteiger partial charge in [0.25, 0.3) is 0 Å². The van der Waals surface area contributed by atoms with Crippen molar-refractivity contribution in [1.82, 2.24) is 25.5 Å². The van der Waals surface area contributed by atoms with Gasteiger partial charge in [-0.3, -0.25) is 9.59 Å². The van der Waals surface area contributed by atoms with Crippen LogP contribution in [0.15, 0.2) is 85.3 Å². The van der Waals surface area contributed by atoms with Crippen molar-refractivity contribution in [1.29, 1.82) is 0 Å². The second-order valence-electron chi connectivity index (χ2n) is 9.85. The Kier molecular flexibility index (Phi) is 10.9. The van der Waals surface area contributed by atoms with Crippen LogP contribution in [-0.2, 0) is 32.8 Å². The number of H-pyrrole nitrogens is 1. The number of benzene rings is 2. The maximum Gasteiger partial charge on any atom is 0.408 e. The molecule has 0 spiro atoms. The average Bonchev–Trinajstić information content (AvgIpc) is 3.46. The number of alkyl carbamates (subject to hydrolysis) is 1. The summed E-state index contributed by atoms with van der Waals surface area (Å²) < 4.78 is 5.35. The molecule has 9 heteroatoms. The molecule has 1 aromatic heterocycles. The van der Waals surface area contributed by atoms with Crippen LogP contribution >= 0.6 is 0 Å². The van der Waals surface area contributed by atoms with Crippen LogP contribution in [0.5, 0.6) is 0 Å². The summed E-state index contributed by atoms with van der Waals surface area (Å²) in [5.41, 5.74) is 2.30. The second-order valence-corrected chi connectivity index (χ2v) is 9.85. The molecule has 9 nitrogen and oxygen atoms in total. The van der Waals surface area contributed by atoms with Gasteiger partial charge in [0.2, 0.25) is 11.8 Å². The fraction of sp³-hybridized carbons (Fsp3) is 0.333. The van der Waals surface area contributed by atoms with Crippen molar-refractivity contribution in [2.24, 2.45) is 0 Å². The van der Waals surface area contributed by atoms with Gasteiger partial charge in [0.05, 0.1) is 12.9 Å². The van der Waals surface area contributed by atoms with E-state index in [1.165, 1.54) is 11.2 Å². The van der Waals surface area contributed by atoms with Crippen LogP contribution in [0.1, 0.15) is 37.6 Å². The Morgan fingerprint density at radius 2 is 1.77 bits per heavy atom. The number of nitrogens with one attached hydrogen (secondary N) is 3. The molecule has 206 valence electrons. The first-order valence-electron chi connectivity index (χ1n) is 12.9. The van der Waals surface area contributed by atoms with Gasteiger partial charge in [0.1, 0.15) is 12.6 Å². The lowest BCUT2D eigenvalue weighted by Gasteiger charge is -2.28. The zero-order valence-corrected chi connectivity index (χ0v) is 22.7. The summed E-state index contributed by atoms with van der Waals surface area (Å²) in [6.45, 7) is 6.47. The SMILES string of the molecule is C/C=C/CN(CC(=O)NCC(C)(C)c1ccccc1)C(=O)[C@H](Cc1cnc[nH]1)NC(=O)OCc1ccccc1. The summed E-state index contributed by atoms with van der Waals surface area (Å²) in [5, 5.41) is 5.64. The van der Waals surface area contributed by atoms with E-state index in [4.69, 9.17) is 4.74 Å². The van der Waals surface area contributed by atoms with Crippen LogP contribution in [-0.4, -0.2) is 58.5 Å². The highest BCUT2D eigenvalue weighted by Gasteiger charge is 2.29. The first-order chi connectivity index (χ1) is 18.8. The summed E-state index contributed by atoms with van der Waals surface area (Å²) in [6.07, 6.45) is 6.13. The topological polar surface area (TPSA) is 116 Å². The molecule has 0 bridgehead atoms. The van der Waals surface area contributed by atoms with E-state index >= 15 is 0 Å². The molecule has 0 aliphatic carbocycles. The minimum absolute atomic E-state index is 0.0690. The third-order valence-corrected chi connectivity index (χ3v) is 6.27. The van der Waals surface area contributed by atoms with Gasteiger partial charge in [-0.1, -0.05) is 86.7 Å². The Balaban J connectivity index is 1.67. The molecule has 1 atom stereocenters. The highest BCUT2D eigenvalue weighted by molar-refractivity contribution is 5.90. The Morgan fingerprint density at radius 3 is 2.41 bits per heavy atom. The third kappa shape index (κ3) is 9.45. The van der Waals surface area contributed by atoms with E-state index in [1.807, 2.05) is 73.7 Å². The number of hydrogen-bond acceptors (Lipinski definition) is 5. The molecular weight excluding hydrogens is 494 g/mol. The predicted molar refractivity (Wildman–Crippen MR) is 150 cm³/mol. The normalized spacial score (nSPS) is 12.1. The summed E-state index contributed by atoms with van der Waals surface area (Å²) >= 11 is 0. The molecule has 1 heterocycles. The Morgan fingerprint density at radius 1 is 1.08 bits per heavy atom. The van der Waals surface area contributed by atoms with Crippen molar-refractivity contribution in [3.8, 4) is 0 Å². The Bertz CT molecular complexity index is 1210. The van der Waals surface area contributed by atoms with E-state index in [9.17, 15) is 14.4 Å². The largest absolute Gasteiger partial charge is 0.445 e. The molecule has 39 heavy (non-hydrogen) atoms. The lowest BCUT2D eigenvalue weighted by atomic mass is 9.84. The molecule has 0 unspecified atom stereocenters. The highest BCUT2D eigenvalue weighted by Crippen LogP contribution is 2.21. The number of allylic oxidation sites excluding steroid dienone is 1. The molecule has 0 radical (unpaired) electrons. The summed E-state index contributed by atoms with van der Waals surface area (Å²) in [6, 6.07) is 18.2. The van der Waals surface area contributed by atoms with Crippen LogP contribution in [0, 0.1) is 0 Å². The van der Waals surface area contributed by atoms with Crippen molar-refractivity contribution in [2.75, 3.05) is 19.6 Å². The van der Waals surface area contributed by atoms with E-state index < -0.39 is 18.0 Å². The average molecular weight is 532 g/mol. The van der Waals surface area contributed by atoms with Crippen molar-refractivity contribution in [3.05, 3.63) is 102 Å². The number of rotatable bonds is 13. The van der Waals surface area contributed by atoms with Crippen molar-refractivity contribution in [2.45, 2.75) is 45.3 Å².